The Labute approximate surface area is 207 Å². The monoisotopic (exact) mass is 472 g/mol. The topological polar surface area (TPSA) is 56.3 Å². The SMILES string of the molecule is C[C@H]1CCCN(c2cc(N3Cc4ccccc4C3)nc(NC(=S)N[C@H](C)c3ccccc3)n2)C1. The molecule has 0 saturated carbocycles. The summed E-state index contributed by atoms with van der Waals surface area (Å²) in [6.45, 7) is 8.17. The third kappa shape index (κ3) is 5.14. The van der Waals surface area contributed by atoms with Crippen molar-refractivity contribution in [2.24, 2.45) is 5.92 Å². The lowest BCUT2D eigenvalue weighted by atomic mass is 10.0. The van der Waals surface area contributed by atoms with Crippen LogP contribution in [0.1, 0.15) is 49.4 Å². The van der Waals surface area contributed by atoms with Crippen molar-refractivity contribution in [1.29, 1.82) is 0 Å². The zero-order valence-corrected chi connectivity index (χ0v) is 20.7. The number of hydrogen-bond donors (Lipinski definition) is 2. The second kappa shape index (κ2) is 9.97. The van der Waals surface area contributed by atoms with Crippen molar-refractivity contribution >= 4 is 34.9 Å². The first-order valence-electron chi connectivity index (χ1n) is 12.1. The minimum absolute atomic E-state index is 0.0832. The number of piperidine rings is 1. The highest BCUT2D eigenvalue weighted by Gasteiger charge is 2.24. The number of rotatable bonds is 5. The molecule has 2 aliphatic heterocycles. The molecule has 0 spiro atoms. The van der Waals surface area contributed by atoms with Crippen molar-refractivity contribution in [2.45, 2.75) is 45.8 Å². The van der Waals surface area contributed by atoms with Gasteiger partial charge in [0.2, 0.25) is 5.95 Å². The molecule has 3 heterocycles. The van der Waals surface area contributed by atoms with E-state index in [0.717, 1.165) is 37.8 Å². The van der Waals surface area contributed by atoms with Crippen LogP contribution in [0.3, 0.4) is 0 Å². The van der Waals surface area contributed by atoms with Gasteiger partial charge in [0, 0.05) is 32.2 Å². The summed E-state index contributed by atoms with van der Waals surface area (Å²) in [5.41, 5.74) is 3.90. The molecule has 2 aromatic carbocycles. The summed E-state index contributed by atoms with van der Waals surface area (Å²) < 4.78 is 0. The van der Waals surface area contributed by atoms with Crippen molar-refractivity contribution < 1.29 is 0 Å². The van der Waals surface area contributed by atoms with E-state index in [1.807, 2.05) is 18.2 Å². The molecule has 1 fully saturated rings. The normalized spacial score (nSPS) is 18.4. The molecule has 0 unspecified atom stereocenters. The van der Waals surface area contributed by atoms with Gasteiger partial charge in [-0.25, -0.2) is 0 Å². The van der Waals surface area contributed by atoms with Crippen LogP contribution in [0.4, 0.5) is 17.6 Å². The first-order valence-corrected chi connectivity index (χ1v) is 12.5. The van der Waals surface area contributed by atoms with Crippen LogP contribution < -0.4 is 20.4 Å². The molecule has 0 radical (unpaired) electrons. The largest absolute Gasteiger partial charge is 0.356 e. The van der Waals surface area contributed by atoms with E-state index >= 15 is 0 Å². The van der Waals surface area contributed by atoms with Crippen molar-refractivity contribution in [1.82, 2.24) is 15.3 Å². The number of nitrogens with one attached hydrogen (secondary N) is 2. The Bertz CT molecular complexity index is 1130. The second-order valence-electron chi connectivity index (χ2n) is 9.46. The number of fused-ring (bicyclic) bond motifs is 1. The summed E-state index contributed by atoms with van der Waals surface area (Å²) in [6.07, 6.45) is 2.46. The molecule has 2 N–H and O–H groups in total. The molecule has 0 bridgehead atoms. The maximum absolute atomic E-state index is 5.64. The van der Waals surface area contributed by atoms with Crippen molar-refractivity contribution in [2.75, 3.05) is 28.2 Å². The fraction of sp³-hybridized carbons (Fsp3) is 0.370. The minimum atomic E-state index is 0.0832. The van der Waals surface area contributed by atoms with Crippen LogP contribution in [0.2, 0.25) is 0 Å². The molecule has 1 saturated heterocycles. The first kappa shape index (κ1) is 22.6. The van der Waals surface area contributed by atoms with Gasteiger partial charge in [-0.1, -0.05) is 61.5 Å². The number of nitrogens with zero attached hydrogens (tertiary/aromatic N) is 4. The first-order chi connectivity index (χ1) is 16.5. The van der Waals surface area contributed by atoms with Crippen LogP contribution >= 0.6 is 12.2 Å². The Balaban J connectivity index is 1.38. The fourth-order valence-corrected chi connectivity index (χ4v) is 5.12. The van der Waals surface area contributed by atoms with Crippen LogP contribution in [0.15, 0.2) is 60.7 Å². The summed E-state index contributed by atoms with van der Waals surface area (Å²) >= 11 is 5.64. The maximum Gasteiger partial charge on any atom is 0.232 e. The van der Waals surface area contributed by atoms with E-state index in [9.17, 15) is 0 Å². The molecule has 1 aromatic heterocycles. The van der Waals surface area contributed by atoms with E-state index in [1.165, 1.54) is 29.5 Å². The summed E-state index contributed by atoms with van der Waals surface area (Å²) in [5, 5.41) is 7.15. The van der Waals surface area contributed by atoms with Gasteiger partial charge in [0.25, 0.3) is 0 Å². The van der Waals surface area contributed by atoms with Crippen molar-refractivity contribution in [3.63, 3.8) is 0 Å². The zero-order valence-electron chi connectivity index (χ0n) is 19.9. The Kier molecular flexibility index (Phi) is 6.63. The molecule has 176 valence electrons. The van der Waals surface area contributed by atoms with E-state index in [4.69, 9.17) is 22.2 Å². The van der Waals surface area contributed by atoms with E-state index < -0.39 is 0 Å². The Morgan fingerprint density at radius 2 is 1.62 bits per heavy atom. The molecule has 34 heavy (non-hydrogen) atoms. The average Bonchev–Trinajstić information content (AvgIpc) is 3.29. The number of benzene rings is 2. The molecule has 2 atom stereocenters. The fourth-order valence-electron chi connectivity index (χ4n) is 4.85. The number of aromatic nitrogens is 2. The molecule has 2 aliphatic rings. The number of anilines is 3. The van der Waals surface area contributed by atoms with E-state index in [1.54, 1.807) is 0 Å². The highest BCUT2D eigenvalue weighted by Crippen LogP contribution is 2.31. The van der Waals surface area contributed by atoms with Crippen molar-refractivity contribution in [3.8, 4) is 0 Å². The lowest BCUT2D eigenvalue weighted by Crippen LogP contribution is -2.36. The van der Waals surface area contributed by atoms with Crippen LogP contribution in [0.5, 0.6) is 0 Å². The third-order valence-electron chi connectivity index (χ3n) is 6.72. The zero-order chi connectivity index (χ0) is 23.5. The lowest BCUT2D eigenvalue weighted by molar-refractivity contribution is 0.444. The van der Waals surface area contributed by atoms with E-state index in [0.29, 0.717) is 17.0 Å². The van der Waals surface area contributed by atoms with Gasteiger partial charge in [0.05, 0.1) is 6.04 Å². The van der Waals surface area contributed by atoms with Gasteiger partial charge < -0.3 is 20.4 Å². The van der Waals surface area contributed by atoms with Gasteiger partial charge in [-0.05, 0) is 54.6 Å². The maximum atomic E-state index is 5.64. The summed E-state index contributed by atoms with van der Waals surface area (Å²) in [4.78, 5) is 14.5. The predicted octanol–water partition coefficient (Wildman–Crippen LogP) is 5.28. The summed E-state index contributed by atoms with van der Waals surface area (Å²) in [6, 6.07) is 21.1. The van der Waals surface area contributed by atoms with E-state index in [2.05, 4.69) is 76.7 Å². The molecule has 3 aromatic rings. The standard InChI is InChI=1S/C27H32N6S/c1-19-9-8-14-32(16-19)24-15-25(33-17-22-12-6-7-13-23(22)18-33)30-26(29-24)31-27(34)28-20(2)21-10-4-3-5-11-21/h3-7,10-13,15,19-20H,8-9,14,16-18H2,1-2H3,(H2,28,29,30,31,34)/t19-,20+/m0/s1. The Hall–Kier alpha value is -3.19. The third-order valence-corrected chi connectivity index (χ3v) is 6.94. The quantitative estimate of drug-likeness (QED) is 0.490. The Morgan fingerprint density at radius 3 is 2.29 bits per heavy atom. The smallest absolute Gasteiger partial charge is 0.232 e. The van der Waals surface area contributed by atoms with Crippen LogP contribution in [0.25, 0.3) is 0 Å². The van der Waals surface area contributed by atoms with Gasteiger partial charge in [-0.3, -0.25) is 0 Å². The minimum Gasteiger partial charge on any atom is -0.356 e. The van der Waals surface area contributed by atoms with Crippen molar-refractivity contribution in [3.05, 3.63) is 77.4 Å². The van der Waals surface area contributed by atoms with Crippen LogP contribution in [-0.4, -0.2) is 28.2 Å². The Morgan fingerprint density at radius 1 is 0.971 bits per heavy atom. The van der Waals surface area contributed by atoms with Gasteiger partial charge in [-0.15, -0.1) is 0 Å². The molecule has 7 heteroatoms. The summed E-state index contributed by atoms with van der Waals surface area (Å²) in [5.74, 6) is 3.10. The average molecular weight is 473 g/mol. The molecular weight excluding hydrogens is 440 g/mol. The molecular formula is C27H32N6S. The number of hydrogen-bond acceptors (Lipinski definition) is 5. The van der Waals surface area contributed by atoms with Crippen LogP contribution in [0, 0.1) is 5.92 Å². The molecule has 0 amide bonds. The second-order valence-corrected chi connectivity index (χ2v) is 9.87. The lowest BCUT2D eigenvalue weighted by Gasteiger charge is -2.32. The predicted molar refractivity (Wildman–Crippen MR) is 143 cm³/mol. The number of thiocarbonyl (C=S) groups is 1. The molecule has 5 rings (SSSR count). The molecule has 6 nitrogen and oxygen atoms in total. The highest BCUT2D eigenvalue weighted by atomic mass is 32.1. The van der Waals surface area contributed by atoms with Crippen LogP contribution in [-0.2, 0) is 13.1 Å². The highest BCUT2D eigenvalue weighted by molar-refractivity contribution is 7.80. The van der Waals surface area contributed by atoms with Gasteiger partial charge >= 0.3 is 0 Å². The van der Waals surface area contributed by atoms with Gasteiger partial charge in [0.15, 0.2) is 5.11 Å². The van der Waals surface area contributed by atoms with E-state index in [-0.39, 0.29) is 6.04 Å². The molecule has 0 aliphatic carbocycles. The van der Waals surface area contributed by atoms with Gasteiger partial charge in [-0.2, -0.15) is 9.97 Å². The summed E-state index contributed by atoms with van der Waals surface area (Å²) in [7, 11) is 0. The van der Waals surface area contributed by atoms with Gasteiger partial charge in [0.1, 0.15) is 11.6 Å².